The van der Waals surface area contributed by atoms with E-state index in [-0.39, 0.29) is 16.8 Å². The van der Waals surface area contributed by atoms with Gasteiger partial charge in [0.05, 0.1) is 10.7 Å². The molecule has 1 N–H and O–H groups in total. The van der Waals surface area contributed by atoms with Gasteiger partial charge >= 0.3 is 0 Å². The summed E-state index contributed by atoms with van der Waals surface area (Å²) in [5, 5.41) is 2.84. The van der Waals surface area contributed by atoms with Crippen molar-refractivity contribution in [2.24, 2.45) is 11.8 Å². The van der Waals surface area contributed by atoms with Crippen LogP contribution in [0.2, 0.25) is 5.02 Å². The normalized spacial score (nSPS) is 25.8. The molecular weight excluding hydrogens is 381 g/mol. The lowest BCUT2D eigenvalue weighted by Crippen LogP contribution is -2.19. The smallest absolute Gasteiger partial charge is 0.274 e. The van der Waals surface area contributed by atoms with Crippen molar-refractivity contribution < 1.29 is 14.0 Å². The minimum atomic E-state index is -0.516. The van der Waals surface area contributed by atoms with Crippen LogP contribution in [0.1, 0.15) is 60.0 Å². The molecule has 0 radical (unpaired) electrons. The van der Waals surface area contributed by atoms with Crippen LogP contribution >= 0.6 is 11.6 Å². The standard InChI is InChI=1S/C21H21ClFN3O2/c22-16-10-14(3-4-17(16)23)24-21(28)20-19(25-18-2-1-5-26(18)20)13-6-11-8-15(27)9-12(11)7-13/h3-4,10-13H,1-2,5-9H2,(H,24,28). The summed E-state index contributed by atoms with van der Waals surface area (Å²) in [5.74, 6) is 1.67. The molecule has 2 heterocycles. The third-order valence-corrected chi connectivity index (χ3v) is 6.75. The molecule has 1 aliphatic heterocycles. The van der Waals surface area contributed by atoms with Crippen LogP contribution in [0.5, 0.6) is 0 Å². The maximum absolute atomic E-state index is 13.4. The highest BCUT2D eigenvalue weighted by atomic mass is 35.5. The fourth-order valence-corrected chi connectivity index (χ4v) is 5.42. The predicted molar refractivity (Wildman–Crippen MR) is 103 cm³/mol. The number of rotatable bonds is 3. The number of amides is 1. The first kappa shape index (κ1) is 17.9. The summed E-state index contributed by atoms with van der Waals surface area (Å²) in [4.78, 5) is 29.7. The Balaban J connectivity index is 1.44. The SMILES string of the molecule is O=C1CC2CC(c3nc4n(c3C(=O)Nc3ccc(F)c(Cl)c3)CCC4)CC2C1. The number of hydrogen-bond donors (Lipinski definition) is 1. The summed E-state index contributed by atoms with van der Waals surface area (Å²) >= 11 is 5.85. The Hall–Kier alpha value is -2.21. The van der Waals surface area contributed by atoms with Crippen molar-refractivity contribution in [3.8, 4) is 0 Å². The number of nitrogens with zero attached hydrogens (tertiary/aromatic N) is 2. The largest absolute Gasteiger partial charge is 0.324 e. The van der Waals surface area contributed by atoms with Gasteiger partial charge in [-0.15, -0.1) is 0 Å². The predicted octanol–water partition coefficient (Wildman–Crippen LogP) is 4.35. The van der Waals surface area contributed by atoms with Gasteiger partial charge in [-0.05, 0) is 49.3 Å². The fourth-order valence-electron chi connectivity index (χ4n) is 5.24. The van der Waals surface area contributed by atoms with Crippen molar-refractivity contribution in [1.29, 1.82) is 0 Å². The van der Waals surface area contributed by atoms with E-state index in [1.807, 2.05) is 4.57 Å². The minimum absolute atomic E-state index is 0.0233. The number of hydrogen-bond acceptors (Lipinski definition) is 3. The average molecular weight is 402 g/mol. The molecule has 7 heteroatoms. The van der Waals surface area contributed by atoms with Crippen LogP contribution in [0.3, 0.4) is 0 Å². The van der Waals surface area contributed by atoms with Crippen LogP contribution in [-0.2, 0) is 17.8 Å². The Kier molecular flexibility index (Phi) is 4.27. The van der Waals surface area contributed by atoms with Crippen LogP contribution in [0, 0.1) is 17.7 Å². The molecule has 2 saturated carbocycles. The number of carbonyl (C=O) groups is 2. The molecule has 3 aliphatic rings. The molecule has 146 valence electrons. The van der Waals surface area contributed by atoms with Crippen LogP contribution in [0.4, 0.5) is 10.1 Å². The second kappa shape index (κ2) is 6.69. The fraction of sp³-hybridized carbons (Fsp3) is 0.476. The molecule has 1 amide bonds. The zero-order chi connectivity index (χ0) is 19.4. The maximum Gasteiger partial charge on any atom is 0.274 e. The molecule has 2 fully saturated rings. The van der Waals surface area contributed by atoms with Crippen molar-refractivity contribution >= 4 is 29.0 Å². The number of imidazole rings is 1. The Labute approximate surface area is 167 Å². The molecule has 2 aromatic rings. The van der Waals surface area contributed by atoms with E-state index in [0.29, 0.717) is 41.8 Å². The lowest BCUT2D eigenvalue weighted by molar-refractivity contribution is -0.117. The summed E-state index contributed by atoms with van der Waals surface area (Å²) in [6.07, 6.45) is 5.05. The van der Waals surface area contributed by atoms with Gasteiger partial charge in [0.1, 0.15) is 23.1 Å². The van der Waals surface area contributed by atoms with Gasteiger partial charge in [-0.3, -0.25) is 9.59 Å². The highest BCUT2D eigenvalue weighted by molar-refractivity contribution is 6.31. The number of anilines is 1. The van der Waals surface area contributed by atoms with Crippen molar-refractivity contribution in [3.05, 3.63) is 46.3 Å². The van der Waals surface area contributed by atoms with E-state index in [4.69, 9.17) is 16.6 Å². The van der Waals surface area contributed by atoms with E-state index < -0.39 is 5.82 Å². The van der Waals surface area contributed by atoms with E-state index >= 15 is 0 Å². The van der Waals surface area contributed by atoms with Crippen molar-refractivity contribution in [3.63, 3.8) is 0 Å². The minimum Gasteiger partial charge on any atom is -0.324 e. The molecule has 2 unspecified atom stereocenters. The zero-order valence-corrected chi connectivity index (χ0v) is 16.1. The summed E-state index contributed by atoms with van der Waals surface area (Å²) in [6.45, 7) is 0.785. The van der Waals surface area contributed by atoms with Crippen molar-refractivity contribution in [2.75, 3.05) is 5.32 Å². The third kappa shape index (κ3) is 2.94. The van der Waals surface area contributed by atoms with Crippen LogP contribution in [0.15, 0.2) is 18.2 Å². The average Bonchev–Trinajstić information content (AvgIpc) is 3.36. The number of aromatic nitrogens is 2. The van der Waals surface area contributed by atoms with Gasteiger partial charge in [-0.25, -0.2) is 9.37 Å². The van der Waals surface area contributed by atoms with E-state index in [1.54, 1.807) is 0 Å². The summed E-state index contributed by atoms with van der Waals surface area (Å²) in [7, 11) is 0. The zero-order valence-electron chi connectivity index (χ0n) is 15.4. The lowest BCUT2D eigenvalue weighted by Gasteiger charge is -2.14. The van der Waals surface area contributed by atoms with Crippen LogP contribution in [0.25, 0.3) is 0 Å². The van der Waals surface area contributed by atoms with Gasteiger partial charge in [-0.1, -0.05) is 11.6 Å². The van der Waals surface area contributed by atoms with Crippen molar-refractivity contribution in [2.45, 2.75) is 51.0 Å². The first-order valence-corrected chi connectivity index (χ1v) is 10.2. The van der Waals surface area contributed by atoms with Gasteiger partial charge in [0, 0.05) is 37.4 Å². The second-order valence-electron chi connectivity index (χ2n) is 8.24. The van der Waals surface area contributed by atoms with Gasteiger partial charge in [0.25, 0.3) is 5.91 Å². The topological polar surface area (TPSA) is 64.0 Å². The number of fused-ring (bicyclic) bond motifs is 2. The Morgan fingerprint density at radius 1 is 1.25 bits per heavy atom. The molecule has 28 heavy (non-hydrogen) atoms. The van der Waals surface area contributed by atoms with E-state index in [9.17, 15) is 14.0 Å². The Bertz CT molecular complexity index is 970. The highest BCUT2D eigenvalue weighted by Crippen LogP contribution is 2.50. The number of nitrogens with one attached hydrogen (secondary N) is 1. The number of halogens is 2. The monoisotopic (exact) mass is 401 g/mol. The van der Waals surface area contributed by atoms with Crippen LogP contribution < -0.4 is 5.32 Å². The number of ketones is 1. The molecule has 0 spiro atoms. The first-order valence-electron chi connectivity index (χ1n) is 9.87. The molecule has 1 aromatic carbocycles. The van der Waals surface area contributed by atoms with Gasteiger partial charge < -0.3 is 9.88 Å². The van der Waals surface area contributed by atoms with E-state index in [2.05, 4.69) is 5.32 Å². The molecule has 0 saturated heterocycles. The number of aryl methyl sites for hydroxylation is 1. The Morgan fingerprint density at radius 3 is 2.71 bits per heavy atom. The van der Waals surface area contributed by atoms with Gasteiger partial charge in [0.2, 0.25) is 0 Å². The molecule has 1 aromatic heterocycles. The van der Waals surface area contributed by atoms with Gasteiger partial charge in [0.15, 0.2) is 0 Å². The number of Topliss-reactive ketones (excluding diaryl/α,β-unsaturated/α-hetero) is 1. The quantitative estimate of drug-likeness (QED) is 0.831. The molecule has 5 nitrogen and oxygen atoms in total. The Morgan fingerprint density at radius 2 is 2.00 bits per heavy atom. The summed E-state index contributed by atoms with van der Waals surface area (Å²) in [5.41, 5.74) is 1.94. The molecule has 5 rings (SSSR count). The molecule has 2 aliphatic carbocycles. The van der Waals surface area contributed by atoms with Crippen LogP contribution in [-0.4, -0.2) is 21.2 Å². The number of carbonyl (C=O) groups excluding carboxylic acids is 2. The number of benzene rings is 1. The highest BCUT2D eigenvalue weighted by Gasteiger charge is 2.44. The summed E-state index contributed by atoms with van der Waals surface area (Å²) in [6, 6.07) is 4.17. The van der Waals surface area contributed by atoms with E-state index in [0.717, 1.165) is 43.7 Å². The van der Waals surface area contributed by atoms with E-state index in [1.165, 1.54) is 18.2 Å². The van der Waals surface area contributed by atoms with Crippen molar-refractivity contribution in [1.82, 2.24) is 9.55 Å². The molecular formula is C21H21ClFN3O2. The third-order valence-electron chi connectivity index (χ3n) is 6.46. The lowest BCUT2D eigenvalue weighted by atomic mass is 9.97. The summed E-state index contributed by atoms with van der Waals surface area (Å²) < 4.78 is 15.4. The second-order valence-corrected chi connectivity index (χ2v) is 8.64. The molecule has 0 bridgehead atoms. The first-order chi connectivity index (χ1) is 13.5. The van der Waals surface area contributed by atoms with Gasteiger partial charge in [-0.2, -0.15) is 0 Å². The molecule has 2 atom stereocenters. The maximum atomic E-state index is 13.4.